The molecule has 2 heterocycles. The molecule has 1 aliphatic heterocycles. The molecule has 0 saturated carbocycles. The summed E-state index contributed by atoms with van der Waals surface area (Å²) >= 11 is 6.08. The number of hydrogen-bond acceptors (Lipinski definition) is 7. The van der Waals surface area contributed by atoms with Crippen LogP contribution >= 0.6 is 11.6 Å². The number of amides is 1. The number of nitrogens with one attached hydrogen (secondary N) is 1. The molecule has 1 N–H and O–H groups in total. The van der Waals surface area contributed by atoms with Crippen LogP contribution in [0.2, 0.25) is 5.02 Å². The second kappa shape index (κ2) is 8.77. The van der Waals surface area contributed by atoms with Crippen LogP contribution in [0.15, 0.2) is 30.5 Å². The molecule has 1 aliphatic rings. The normalized spacial score (nSPS) is 14.0. The van der Waals surface area contributed by atoms with Gasteiger partial charge in [-0.3, -0.25) is 0 Å². The van der Waals surface area contributed by atoms with Crippen molar-refractivity contribution in [2.45, 2.75) is 6.92 Å². The van der Waals surface area contributed by atoms with Gasteiger partial charge in [0.2, 0.25) is 5.95 Å². The lowest BCUT2D eigenvalue weighted by molar-refractivity contribution is 0.105. The van der Waals surface area contributed by atoms with Gasteiger partial charge in [-0.05, 0) is 31.2 Å². The number of anilines is 3. The molecule has 0 atom stereocenters. The van der Waals surface area contributed by atoms with Crippen LogP contribution in [0.3, 0.4) is 0 Å². The highest BCUT2D eigenvalue weighted by Crippen LogP contribution is 2.30. The van der Waals surface area contributed by atoms with E-state index < -0.39 is 0 Å². The van der Waals surface area contributed by atoms with Crippen molar-refractivity contribution < 1.29 is 14.3 Å². The zero-order valence-electron chi connectivity index (χ0n) is 15.3. The van der Waals surface area contributed by atoms with Gasteiger partial charge < -0.3 is 24.6 Å². The fourth-order valence-corrected chi connectivity index (χ4v) is 2.96. The van der Waals surface area contributed by atoms with Gasteiger partial charge in [0.1, 0.15) is 11.6 Å². The Kier molecular flexibility index (Phi) is 6.18. The molecule has 0 bridgehead atoms. The maximum absolute atomic E-state index is 11.8. The Balaban J connectivity index is 1.68. The van der Waals surface area contributed by atoms with E-state index in [9.17, 15) is 4.79 Å². The molecule has 9 heteroatoms. The first kappa shape index (κ1) is 19.0. The van der Waals surface area contributed by atoms with Gasteiger partial charge in [0, 0.05) is 37.4 Å². The SMILES string of the molecule is CCOC(=O)N1CCN(c2nccc(Nc3cc(Cl)ccc3OC)n2)CC1. The molecule has 27 heavy (non-hydrogen) atoms. The van der Waals surface area contributed by atoms with Crippen molar-refractivity contribution in [3.05, 3.63) is 35.5 Å². The Morgan fingerprint density at radius 3 is 2.74 bits per heavy atom. The molecule has 0 unspecified atom stereocenters. The van der Waals surface area contributed by atoms with Crippen molar-refractivity contribution in [1.29, 1.82) is 0 Å². The quantitative estimate of drug-likeness (QED) is 0.838. The predicted molar refractivity (Wildman–Crippen MR) is 104 cm³/mol. The maximum atomic E-state index is 11.8. The minimum Gasteiger partial charge on any atom is -0.495 e. The highest BCUT2D eigenvalue weighted by Gasteiger charge is 2.23. The van der Waals surface area contributed by atoms with Crippen LogP contribution in [-0.4, -0.2) is 60.9 Å². The van der Waals surface area contributed by atoms with E-state index in [4.69, 9.17) is 21.1 Å². The van der Waals surface area contributed by atoms with Crippen LogP contribution in [-0.2, 0) is 4.74 Å². The lowest BCUT2D eigenvalue weighted by Crippen LogP contribution is -2.49. The topological polar surface area (TPSA) is 79.8 Å². The molecule has 1 aromatic heterocycles. The summed E-state index contributed by atoms with van der Waals surface area (Å²) in [6.45, 7) is 4.60. The van der Waals surface area contributed by atoms with Gasteiger partial charge in [0.15, 0.2) is 0 Å². The Morgan fingerprint density at radius 2 is 2.04 bits per heavy atom. The van der Waals surface area contributed by atoms with E-state index >= 15 is 0 Å². The number of piperazine rings is 1. The average molecular weight is 392 g/mol. The Hall–Kier alpha value is -2.74. The van der Waals surface area contributed by atoms with Crippen LogP contribution in [0.5, 0.6) is 5.75 Å². The van der Waals surface area contributed by atoms with Crippen LogP contribution in [0.25, 0.3) is 0 Å². The van der Waals surface area contributed by atoms with Crippen molar-refractivity contribution in [2.75, 3.05) is 50.1 Å². The van der Waals surface area contributed by atoms with E-state index in [1.807, 2.05) is 4.90 Å². The summed E-state index contributed by atoms with van der Waals surface area (Å²) in [4.78, 5) is 24.5. The molecule has 2 aromatic rings. The average Bonchev–Trinajstić information content (AvgIpc) is 2.69. The maximum Gasteiger partial charge on any atom is 0.409 e. The summed E-state index contributed by atoms with van der Waals surface area (Å²) in [6.07, 6.45) is 1.42. The van der Waals surface area contributed by atoms with Crippen LogP contribution in [0.4, 0.5) is 22.2 Å². The molecule has 144 valence electrons. The van der Waals surface area contributed by atoms with Gasteiger partial charge in [-0.25, -0.2) is 9.78 Å². The van der Waals surface area contributed by atoms with E-state index in [1.54, 1.807) is 49.4 Å². The third-order valence-corrected chi connectivity index (χ3v) is 4.39. The minimum atomic E-state index is -0.276. The van der Waals surface area contributed by atoms with E-state index in [-0.39, 0.29) is 6.09 Å². The van der Waals surface area contributed by atoms with Gasteiger partial charge in [0.25, 0.3) is 0 Å². The van der Waals surface area contributed by atoms with Gasteiger partial charge in [-0.15, -0.1) is 0 Å². The number of methoxy groups -OCH3 is 1. The first-order valence-electron chi connectivity index (χ1n) is 8.71. The molecule has 0 spiro atoms. The zero-order chi connectivity index (χ0) is 19.2. The highest BCUT2D eigenvalue weighted by atomic mass is 35.5. The Labute approximate surface area is 163 Å². The van der Waals surface area contributed by atoms with Gasteiger partial charge in [0.05, 0.1) is 19.4 Å². The summed E-state index contributed by atoms with van der Waals surface area (Å²) in [5, 5.41) is 3.82. The van der Waals surface area contributed by atoms with Crippen molar-refractivity contribution in [1.82, 2.24) is 14.9 Å². The third-order valence-electron chi connectivity index (χ3n) is 4.16. The molecule has 3 rings (SSSR count). The number of aromatic nitrogens is 2. The lowest BCUT2D eigenvalue weighted by Gasteiger charge is -2.34. The number of halogens is 1. The molecule has 1 saturated heterocycles. The monoisotopic (exact) mass is 391 g/mol. The van der Waals surface area contributed by atoms with Crippen molar-refractivity contribution in [2.24, 2.45) is 0 Å². The van der Waals surface area contributed by atoms with E-state index in [2.05, 4.69) is 15.3 Å². The third kappa shape index (κ3) is 4.71. The fourth-order valence-electron chi connectivity index (χ4n) is 2.79. The standard InChI is InChI=1S/C18H22ClN5O3/c1-3-27-18(25)24-10-8-23(9-11-24)17-20-7-6-16(22-17)21-14-12-13(19)4-5-15(14)26-2/h4-7,12H,3,8-11H2,1-2H3,(H,20,21,22). The number of carbonyl (C=O) groups is 1. The molecule has 8 nitrogen and oxygen atoms in total. The smallest absolute Gasteiger partial charge is 0.409 e. The Bertz CT molecular complexity index is 796. The number of rotatable bonds is 5. The fraction of sp³-hybridized carbons (Fsp3) is 0.389. The van der Waals surface area contributed by atoms with Crippen LogP contribution < -0.4 is 15.0 Å². The molecule has 1 fully saturated rings. The predicted octanol–water partition coefficient (Wildman–Crippen LogP) is 3.16. The van der Waals surface area contributed by atoms with Gasteiger partial charge in [-0.1, -0.05) is 11.6 Å². The van der Waals surface area contributed by atoms with Gasteiger partial charge in [-0.2, -0.15) is 4.98 Å². The zero-order valence-corrected chi connectivity index (χ0v) is 16.1. The highest BCUT2D eigenvalue weighted by molar-refractivity contribution is 6.31. The van der Waals surface area contributed by atoms with Crippen LogP contribution in [0.1, 0.15) is 6.92 Å². The number of ether oxygens (including phenoxy) is 2. The summed E-state index contributed by atoms with van der Waals surface area (Å²) in [7, 11) is 1.60. The second-order valence-corrected chi connectivity index (χ2v) is 6.32. The van der Waals surface area contributed by atoms with Crippen LogP contribution in [0, 0.1) is 0 Å². The van der Waals surface area contributed by atoms with Crippen molar-refractivity contribution in [3.63, 3.8) is 0 Å². The number of benzene rings is 1. The molecule has 0 aliphatic carbocycles. The lowest BCUT2D eigenvalue weighted by atomic mass is 10.3. The molecule has 0 radical (unpaired) electrons. The first-order chi connectivity index (χ1) is 13.1. The molecule has 1 aromatic carbocycles. The van der Waals surface area contributed by atoms with E-state index in [1.165, 1.54) is 0 Å². The van der Waals surface area contributed by atoms with E-state index in [0.29, 0.717) is 55.3 Å². The number of hydrogen-bond donors (Lipinski definition) is 1. The van der Waals surface area contributed by atoms with Crippen molar-refractivity contribution in [3.8, 4) is 5.75 Å². The van der Waals surface area contributed by atoms with E-state index in [0.717, 1.165) is 5.69 Å². The second-order valence-electron chi connectivity index (χ2n) is 5.88. The number of nitrogens with zero attached hydrogens (tertiary/aromatic N) is 4. The summed E-state index contributed by atoms with van der Waals surface area (Å²) in [5.41, 5.74) is 0.724. The summed E-state index contributed by atoms with van der Waals surface area (Å²) < 4.78 is 10.4. The van der Waals surface area contributed by atoms with Gasteiger partial charge >= 0.3 is 6.09 Å². The molecular weight excluding hydrogens is 370 g/mol. The summed E-state index contributed by atoms with van der Waals surface area (Å²) in [5.74, 6) is 1.90. The largest absolute Gasteiger partial charge is 0.495 e. The molecular formula is C18H22ClN5O3. The van der Waals surface area contributed by atoms with Crippen molar-refractivity contribution >= 4 is 35.1 Å². The summed E-state index contributed by atoms with van der Waals surface area (Å²) in [6, 6.07) is 7.11. The number of carbonyl (C=O) groups excluding carboxylic acids is 1. The first-order valence-corrected chi connectivity index (χ1v) is 9.08. The molecule has 1 amide bonds. The Morgan fingerprint density at radius 1 is 1.26 bits per heavy atom. The minimum absolute atomic E-state index is 0.276.